The van der Waals surface area contributed by atoms with Gasteiger partial charge in [-0.25, -0.2) is 4.79 Å². The second kappa shape index (κ2) is 7.15. The maximum atomic E-state index is 12.8. The van der Waals surface area contributed by atoms with E-state index in [4.69, 9.17) is 0 Å². The fraction of sp³-hybridized carbons (Fsp3) is 0.421. The Morgan fingerprint density at radius 1 is 1.19 bits per heavy atom. The Labute approximate surface area is 175 Å². The Bertz CT molecular complexity index is 1040. The Morgan fingerprint density at radius 2 is 1.84 bits per heavy atom. The number of amides is 6. The van der Waals surface area contributed by atoms with Crippen LogP contribution in [0.25, 0.3) is 0 Å². The lowest BCUT2D eigenvalue weighted by Crippen LogP contribution is -2.53. The van der Waals surface area contributed by atoms with E-state index in [1.807, 2.05) is 0 Å². The SMILES string of the molecule is CC1CCC2(CC1)NC(=O)N(NC(=O)CN1C(=O)c3ccc([N+](=O)[O-])cc3C1=O)C2=O. The van der Waals surface area contributed by atoms with Crippen molar-refractivity contribution < 1.29 is 28.9 Å². The molecular weight excluding hydrogens is 410 g/mol. The van der Waals surface area contributed by atoms with Gasteiger partial charge in [-0.1, -0.05) is 6.92 Å². The van der Waals surface area contributed by atoms with Gasteiger partial charge in [0.25, 0.3) is 29.3 Å². The van der Waals surface area contributed by atoms with Crippen LogP contribution in [0.3, 0.4) is 0 Å². The minimum atomic E-state index is -1.05. The molecule has 1 aliphatic carbocycles. The summed E-state index contributed by atoms with van der Waals surface area (Å²) in [6, 6.07) is 2.44. The summed E-state index contributed by atoms with van der Waals surface area (Å²) in [6.07, 6.45) is 2.44. The van der Waals surface area contributed by atoms with Crippen LogP contribution in [0.5, 0.6) is 0 Å². The topological polar surface area (TPSA) is 159 Å². The van der Waals surface area contributed by atoms with E-state index < -0.39 is 46.7 Å². The van der Waals surface area contributed by atoms with E-state index in [0.717, 1.165) is 31.0 Å². The molecule has 2 aliphatic heterocycles. The molecule has 162 valence electrons. The molecule has 0 radical (unpaired) electrons. The minimum absolute atomic E-state index is 0.0614. The van der Waals surface area contributed by atoms with Crippen LogP contribution in [-0.4, -0.2) is 56.6 Å². The van der Waals surface area contributed by atoms with Gasteiger partial charge >= 0.3 is 6.03 Å². The van der Waals surface area contributed by atoms with Crippen LogP contribution in [0.15, 0.2) is 18.2 Å². The highest BCUT2D eigenvalue weighted by Crippen LogP contribution is 2.35. The quantitative estimate of drug-likeness (QED) is 0.309. The predicted octanol–water partition coefficient (Wildman–Crippen LogP) is 0.723. The van der Waals surface area contributed by atoms with E-state index in [-0.39, 0.29) is 16.8 Å². The lowest BCUT2D eigenvalue weighted by Gasteiger charge is -2.33. The maximum absolute atomic E-state index is 12.8. The molecule has 12 heteroatoms. The molecule has 1 spiro atoms. The molecule has 3 aliphatic rings. The molecule has 2 fully saturated rings. The minimum Gasteiger partial charge on any atom is -0.322 e. The van der Waals surface area contributed by atoms with Gasteiger partial charge in [0.05, 0.1) is 16.1 Å². The van der Waals surface area contributed by atoms with Crippen LogP contribution in [0, 0.1) is 16.0 Å². The Morgan fingerprint density at radius 3 is 2.48 bits per heavy atom. The summed E-state index contributed by atoms with van der Waals surface area (Å²) in [6.45, 7) is 1.31. The zero-order valence-electron chi connectivity index (χ0n) is 16.5. The molecule has 1 saturated heterocycles. The normalized spacial score (nSPS) is 25.1. The van der Waals surface area contributed by atoms with Crippen molar-refractivity contribution in [3.8, 4) is 0 Å². The number of nitro benzene ring substituents is 1. The van der Waals surface area contributed by atoms with E-state index in [2.05, 4.69) is 17.7 Å². The first-order valence-corrected chi connectivity index (χ1v) is 9.74. The van der Waals surface area contributed by atoms with Crippen molar-refractivity contribution in [1.82, 2.24) is 20.7 Å². The standard InChI is InChI=1S/C19H19N5O7/c1-10-4-6-19(7-5-10)17(28)23(18(29)20-19)21-14(25)9-22-15(26)12-3-2-11(24(30)31)8-13(12)16(22)27/h2-3,8,10H,4-7,9H2,1H3,(H,20,29)(H,21,25). The molecule has 0 unspecified atom stereocenters. The molecule has 0 atom stereocenters. The maximum Gasteiger partial charge on any atom is 0.344 e. The zero-order chi connectivity index (χ0) is 22.5. The summed E-state index contributed by atoms with van der Waals surface area (Å²) in [5.74, 6) is -2.72. The van der Waals surface area contributed by atoms with Gasteiger partial charge in [-0.05, 0) is 37.7 Å². The largest absolute Gasteiger partial charge is 0.344 e. The number of hydrogen-bond acceptors (Lipinski definition) is 7. The van der Waals surface area contributed by atoms with Gasteiger partial charge in [-0.2, -0.15) is 5.01 Å². The Kier molecular flexibility index (Phi) is 4.71. The van der Waals surface area contributed by atoms with Crippen molar-refractivity contribution in [1.29, 1.82) is 0 Å². The van der Waals surface area contributed by atoms with Crippen molar-refractivity contribution in [2.75, 3.05) is 6.54 Å². The van der Waals surface area contributed by atoms with E-state index in [9.17, 15) is 34.1 Å². The number of rotatable bonds is 4. The van der Waals surface area contributed by atoms with Gasteiger partial charge in [0.15, 0.2) is 0 Å². The Hall–Kier alpha value is -3.83. The Balaban J connectivity index is 1.45. The van der Waals surface area contributed by atoms with E-state index in [1.54, 1.807) is 0 Å². The fourth-order valence-electron chi connectivity index (χ4n) is 4.16. The lowest BCUT2D eigenvalue weighted by molar-refractivity contribution is -0.384. The molecule has 1 aromatic carbocycles. The number of carbonyl (C=O) groups excluding carboxylic acids is 5. The number of urea groups is 1. The molecule has 1 saturated carbocycles. The van der Waals surface area contributed by atoms with E-state index >= 15 is 0 Å². The van der Waals surface area contributed by atoms with Crippen LogP contribution in [0.4, 0.5) is 10.5 Å². The number of hydrazine groups is 1. The van der Waals surface area contributed by atoms with Crippen LogP contribution in [-0.2, 0) is 9.59 Å². The number of nitrogens with zero attached hydrogens (tertiary/aromatic N) is 3. The van der Waals surface area contributed by atoms with Crippen LogP contribution < -0.4 is 10.7 Å². The summed E-state index contributed by atoms with van der Waals surface area (Å²) >= 11 is 0. The summed E-state index contributed by atoms with van der Waals surface area (Å²) in [5, 5.41) is 14.1. The molecular formula is C19H19N5O7. The molecule has 12 nitrogen and oxygen atoms in total. The van der Waals surface area contributed by atoms with Gasteiger partial charge in [0.1, 0.15) is 12.1 Å². The number of benzene rings is 1. The number of imide groups is 2. The van der Waals surface area contributed by atoms with Crippen molar-refractivity contribution in [2.45, 2.75) is 38.1 Å². The third-order valence-electron chi connectivity index (χ3n) is 5.99. The van der Waals surface area contributed by atoms with Gasteiger partial charge in [0.2, 0.25) is 0 Å². The van der Waals surface area contributed by atoms with Crippen LogP contribution >= 0.6 is 0 Å². The third kappa shape index (κ3) is 3.29. The smallest absolute Gasteiger partial charge is 0.322 e. The highest BCUT2D eigenvalue weighted by molar-refractivity contribution is 6.22. The highest BCUT2D eigenvalue weighted by Gasteiger charge is 2.53. The average Bonchev–Trinajstić information content (AvgIpc) is 3.10. The number of hydrogen-bond donors (Lipinski definition) is 2. The third-order valence-corrected chi connectivity index (χ3v) is 5.99. The molecule has 0 aromatic heterocycles. The first kappa shape index (κ1) is 20.4. The predicted molar refractivity (Wildman–Crippen MR) is 102 cm³/mol. The average molecular weight is 429 g/mol. The molecule has 31 heavy (non-hydrogen) atoms. The molecule has 1 aromatic rings. The number of carbonyl (C=O) groups is 5. The number of fused-ring (bicyclic) bond motifs is 1. The molecule has 2 heterocycles. The molecule has 0 bridgehead atoms. The van der Waals surface area contributed by atoms with Crippen molar-refractivity contribution in [3.63, 3.8) is 0 Å². The van der Waals surface area contributed by atoms with Gasteiger partial charge in [-0.3, -0.25) is 39.6 Å². The monoisotopic (exact) mass is 429 g/mol. The molecule has 2 N–H and O–H groups in total. The first-order chi connectivity index (χ1) is 14.6. The summed E-state index contributed by atoms with van der Waals surface area (Å²) < 4.78 is 0. The lowest BCUT2D eigenvalue weighted by atomic mass is 9.77. The number of non-ortho nitro benzene ring substituents is 1. The van der Waals surface area contributed by atoms with E-state index in [0.29, 0.717) is 28.7 Å². The van der Waals surface area contributed by atoms with Gasteiger partial charge < -0.3 is 5.32 Å². The van der Waals surface area contributed by atoms with Gasteiger partial charge in [0, 0.05) is 12.1 Å². The summed E-state index contributed by atoms with van der Waals surface area (Å²) in [4.78, 5) is 73.3. The fourth-order valence-corrected chi connectivity index (χ4v) is 4.16. The van der Waals surface area contributed by atoms with Crippen molar-refractivity contribution in [2.24, 2.45) is 5.92 Å². The number of nitrogens with one attached hydrogen (secondary N) is 2. The number of nitro groups is 1. The van der Waals surface area contributed by atoms with Crippen LogP contribution in [0.1, 0.15) is 53.3 Å². The van der Waals surface area contributed by atoms with Crippen LogP contribution in [0.2, 0.25) is 0 Å². The molecule has 4 rings (SSSR count). The summed E-state index contributed by atoms with van der Waals surface area (Å²) in [5.41, 5.74) is 0.506. The van der Waals surface area contributed by atoms with E-state index in [1.165, 1.54) is 0 Å². The summed E-state index contributed by atoms with van der Waals surface area (Å²) in [7, 11) is 0. The zero-order valence-corrected chi connectivity index (χ0v) is 16.5. The molecule has 6 amide bonds. The van der Waals surface area contributed by atoms with Crippen molar-refractivity contribution in [3.05, 3.63) is 39.4 Å². The second-order valence-corrected chi connectivity index (χ2v) is 8.05. The van der Waals surface area contributed by atoms with Crippen molar-refractivity contribution >= 4 is 35.3 Å². The van der Waals surface area contributed by atoms with Gasteiger partial charge in [-0.15, -0.1) is 0 Å². The first-order valence-electron chi connectivity index (χ1n) is 9.74. The second-order valence-electron chi connectivity index (χ2n) is 8.05. The highest BCUT2D eigenvalue weighted by atomic mass is 16.6.